The second-order valence-corrected chi connectivity index (χ2v) is 16.5. The number of rotatable bonds is 12. The van der Waals surface area contributed by atoms with E-state index in [0.717, 1.165) is 0 Å². The lowest BCUT2D eigenvalue weighted by atomic mass is 10.0. The van der Waals surface area contributed by atoms with Crippen molar-refractivity contribution in [2.45, 2.75) is 59.6 Å². The van der Waals surface area contributed by atoms with Gasteiger partial charge in [0, 0.05) is 50.8 Å². The highest BCUT2D eigenvalue weighted by molar-refractivity contribution is 7.99. The first-order valence-corrected chi connectivity index (χ1v) is 21.9. The van der Waals surface area contributed by atoms with Gasteiger partial charge in [0.2, 0.25) is 29.5 Å². The smallest absolute Gasteiger partial charge is 0.243 e. The van der Waals surface area contributed by atoms with Gasteiger partial charge < -0.3 is 54.4 Å². The van der Waals surface area contributed by atoms with Crippen molar-refractivity contribution >= 4 is 77.8 Å². The van der Waals surface area contributed by atoms with E-state index in [4.69, 9.17) is 22.9 Å². The van der Waals surface area contributed by atoms with Gasteiger partial charge in [-0.2, -0.15) is 0 Å². The number of hydrogen-bond acceptors (Lipinski definition) is 12. The van der Waals surface area contributed by atoms with Crippen LogP contribution in [0.15, 0.2) is 19.8 Å². The third-order valence-corrected chi connectivity index (χ3v) is 12.2. The second kappa shape index (κ2) is 24.3. The van der Waals surface area contributed by atoms with Gasteiger partial charge in [-0.3, -0.25) is 38.7 Å². The van der Waals surface area contributed by atoms with E-state index in [1.54, 1.807) is 0 Å². The average molecular weight is 988 g/mol. The maximum absolute atomic E-state index is 15.7. The standard InChI is InChI=1S/C36H45F8N13O5S3/c37-21-19-20-23(39)27(43)30(28(44)24(20)40)65-13-17(56-63)34(62)54-14(3-1-5-50-35(45)46)32(60)53-15(4-2-6-51-36(47)48)33(61)55-16(12-64-29(25(21)41)26(42)22(19)38)31(59)52-11-18(58)57-9-7-49-8-10-57/h14-17,49,56,63H,1-13H2,(H,52,59)(H,53,60)(H,54,62)(H,55,61)(H4,45,46,50)(H4,47,48,51). The second-order valence-electron chi connectivity index (χ2n) is 14.2. The van der Waals surface area contributed by atoms with Crippen LogP contribution in [0.1, 0.15) is 25.7 Å². The lowest BCUT2D eigenvalue weighted by molar-refractivity contribution is -0.135. The van der Waals surface area contributed by atoms with Gasteiger partial charge in [0.05, 0.1) is 27.5 Å². The predicted molar refractivity (Wildman–Crippen MR) is 227 cm³/mol. The quantitative estimate of drug-likeness (QED) is 0.0322. The summed E-state index contributed by atoms with van der Waals surface area (Å²) in [6.45, 7) is 0.615. The van der Waals surface area contributed by atoms with Gasteiger partial charge in [-0.15, -0.1) is 23.5 Å². The number of aliphatic imine (C=N–C) groups is 2. The van der Waals surface area contributed by atoms with Crippen LogP contribution in [0.2, 0.25) is 0 Å². The molecule has 0 spiro atoms. The number of amides is 5. The number of hydrogen-bond donors (Lipinski definition) is 11. The molecule has 4 bridgehead atoms. The predicted octanol–water partition coefficient (Wildman–Crippen LogP) is -0.423. The minimum Gasteiger partial charge on any atom is -0.370 e. The number of thioether (sulfide) groups is 2. The van der Waals surface area contributed by atoms with E-state index >= 15 is 35.1 Å². The summed E-state index contributed by atoms with van der Waals surface area (Å²) in [6, 6.07) is -6.70. The molecule has 358 valence electrons. The number of carbonyl (C=O) groups is 5. The number of guanidine groups is 2. The molecular weight excluding hydrogens is 943 g/mol. The molecule has 1 saturated heterocycles. The number of fused-ring (bicyclic) bond motifs is 2. The molecule has 4 aliphatic rings. The zero-order chi connectivity index (χ0) is 48.1. The van der Waals surface area contributed by atoms with E-state index < -0.39 is 139 Å². The molecule has 0 radical (unpaired) electrons. The molecule has 29 heteroatoms. The summed E-state index contributed by atoms with van der Waals surface area (Å²) in [5.74, 6) is -26.5. The Bertz CT molecular complexity index is 2130. The van der Waals surface area contributed by atoms with Crippen molar-refractivity contribution in [3.05, 3.63) is 46.5 Å². The Morgan fingerprint density at radius 3 is 1.54 bits per heavy atom. The molecule has 65 heavy (non-hydrogen) atoms. The normalized spacial score (nSPS) is 19.9. The van der Waals surface area contributed by atoms with Crippen LogP contribution in [0.5, 0.6) is 0 Å². The molecule has 0 aromatic heterocycles. The van der Waals surface area contributed by atoms with Gasteiger partial charge in [-0.1, -0.05) is 12.8 Å². The van der Waals surface area contributed by atoms with Gasteiger partial charge >= 0.3 is 0 Å². The first-order chi connectivity index (χ1) is 30.8. The van der Waals surface area contributed by atoms with Crippen LogP contribution in [-0.2, 0) is 24.0 Å². The summed E-state index contributed by atoms with van der Waals surface area (Å²) in [6.07, 6.45) is -0.487. The van der Waals surface area contributed by atoms with Gasteiger partial charge in [-0.05, 0) is 25.7 Å². The van der Waals surface area contributed by atoms with Crippen molar-refractivity contribution in [1.29, 1.82) is 0 Å². The number of nitrogens with one attached hydrogen (secondary N) is 6. The zero-order valence-corrected chi connectivity index (χ0v) is 36.5. The lowest BCUT2D eigenvalue weighted by Crippen LogP contribution is -2.58. The van der Waals surface area contributed by atoms with E-state index in [9.17, 15) is 24.0 Å². The molecule has 18 nitrogen and oxygen atoms in total. The molecule has 4 atom stereocenters. The molecule has 2 aromatic carbocycles. The lowest BCUT2D eigenvalue weighted by Gasteiger charge is -2.28. The summed E-state index contributed by atoms with van der Waals surface area (Å²) in [5.41, 5.74) is 17.3. The molecule has 0 aliphatic carbocycles. The Balaban J connectivity index is 1.85. The number of carbonyl (C=O) groups excluding carboxylic acids is 5. The maximum atomic E-state index is 15.7. The fraction of sp³-hybridized carbons (Fsp3) is 0.472. The summed E-state index contributed by atoms with van der Waals surface area (Å²) in [5, 5.41) is 12.4. The average Bonchev–Trinajstić information content (AvgIpc) is 3.27. The molecule has 1 fully saturated rings. The van der Waals surface area contributed by atoms with Crippen LogP contribution < -0.4 is 54.2 Å². The Kier molecular flexibility index (Phi) is 19.6. The first-order valence-electron chi connectivity index (χ1n) is 19.4. The maximum Gasteiger partial charge on any atom is 0.243 e. The largest absolute Gasteiger partial charge is 0.370 e. The van der Waals surface area contributed by atoms with Crippen LogP contribution in [0.4, 0.5) is 35.1 Å². The van der Waals surface area contributed by atoms with Crippen molar-refractivity contribution in [2.75, 3.05) is 57.3 Å². The van der Waals surface area contributed by atoms with Gasteiger partial charge in [0.25, 0.3) is 0 Å². The van der Waals surface area contributed by atoms with E-state index in [-0.39, 0.29) is 87.3 Å². The van der Waals surface area contributed by atoms with Crippen LogP contribution in [0.3, 0.4) is 0 Å². The van der Waals surface area contributed by atoms with Gasteiger partial charge in [0.1, 0.15) is 24.2 Å². The van der Waals surface area contributed by atoms with Crippen molar-refractivity contribution in [3.63, 3.8) is 0 Å². The third-order valence-electron chi connectivity index (χ3n) is 9.63. The molecule has 5 amide bonds. The third kappa shape index (κ3) is 13.6. The summed E-state index contributed by atoms with van der Waals surface area (Å²) in [4.78, 5) is 74.1. The Morgan fingerprint density at radius 1 is 0.662 bits per heavy atom. The number of thiol groups is 1. The SMILES string of the molecule is NC(N)=NCCCC1NC(=O)C(NS)CSc2c(F)c(F)c(c(F)c2F)-c2c(F)c(F)c(c(F)c2F)SCC(C(=O)NCC(=O)N2CCNCC2)NC(=O)C(CCCN=C(N)N)NC1=O. The summed E-state index contributed by atoms with van der Waals surface area (Å²) in [7, 11) is 0. The number of piperazine rings is 1. The van der Waals surface area contributed by atoms with Crippen LogP contribution in [0.25, 0.3) is 11.1 Å². The highest BCUT2D eigenvalue weighted by Gasteiger charge is 2.37. The minimum absolute atomic E-state index is 0.0121. The first kappa shape index (κ1) is 52.4. The highest BCUT2D eigenvalue weighted by atomic mass is 32.2. The van der Waals surface area contributed by atoms with Gasteiger partial charge in [0.15, 0.2) is 58.5 Å². The summed E-state index contributed by atoms with van der Waals surface area (Å²) >= 11 is 3.70. The van der Waals surface area contributed by atoms with Crippen molar-refractivity contribution in [2.24, 2.45) is 32.9 Å². The molecule has 0 saturated carbocycles. The minimum atomic E-state index is -2.50. The Morgan fingerprint density at radius 2 is 1.09 bits per heavy atom. The topological polar surface area (TPSA) is 290 Å². The molecular formula is C36H45F8N13O5S3. The molecule has 4 unspecified atom stereocenters. The number of nitrogens with zero attached hydrogens (tertiary/aromatic N) is 3. The molecule has 14 N–H and O–H groups in total. The Labute approximate surface area is 379 Å². The van der Waals surface area contributed by atoms with Gasteiger partial charge in [-0.25, -0.2) is 35.1 Å². The van der Waals surface area contributed by atoms with Crippen LogP contribution >= 0.6 is 36.3 Å². The molecule has 2 aromatic rings. The fourth-order valence-electron chi connectivity index (χ4n) is 6.28. The molecule has 6 rings (SSSR count). The number of halogens is 8. The molecule has 4 aliphatic heterocycles. The van der Waals surface area contributed by atoms with E-state index in [2.05, 4.69) is 54.1 Å². The van der Waals surface area contributed by atoms with Crippen molar-refractivity contribution < 1.29 is 59.1 Å². The van der Waals surface area contributed by atoms with Crippen molar-refractivity contribution in [1.82, 2.24) is 36.2 Å². The van der Waals surface area contributed by atoms with Crippen LogP contribution in [-0.4, -0.2) is 128 Å². The fourth-order valence-corrected chi connectivity index (χ4v) is 8.61. The highest BCUT2D eigenvalue weighted by Crippen LogP contribution is 2.42. The number of nitrogens with two attached hydrogens (primary N) is 4. The van der Waals surface area contributed by atoms with E-state index in [1.807, 2.05) is 0 Å². The summed E-state index contributed by atoms with van der Waals surface area (Å²) < 4.78 is 127. The monoisotopic (exact) mass is 987 g/mol. The van der Waals surface area contributed by atoms with Crippen LogP contribution in [0, 0.1) is 46.5 Å². The Hall–Kier alpha value is -5.26. The van der Waals surface area contributed by atoms with Crippen molar-refractivity contribution in [3.8, 4) is 11.1 Å². The van der Waals surface area contributed by atoms with E-state index in [1.165, 1.54) is 4.90 Å². The number of benzene rings is 2. The molecule has 4 heterocycles. The zero-order valence-electron chi connectivity index (χ0n) is 34.0. The van der Waals surface area contributed by atoms with E-state index in [0.29, 0.717) is 13.1 Å².